The van der Waals surface area contributed by atoms with Gasteiger partial charge in [0.1, 0.15) is 11.6 Å². The van der Waals surface area contributed by atoms with Crippen LogP contribution in [0.5, 0.6) is 0 Å². The number of hydrogen-bond acceptors (Lipinski definition) is 2. The molecule has 118 valence electrons. The van der Waals surface area contributed by atoms with Gasteiger partial charge in [0, 0.05) is 25.1 Å². The van der Waals surface area contributed by atoms with Gasteiger partial charge in [0.15, 0.2) is 0 Å². The first-order valence-electron chi connectivity index (χ1n) is 7.44. The number of carbonyl (C=O) groups excluding carboxylic acids is 1. The monoisotopic (exact) mass is 309 g/mol. The van der Waals surface area contributed by atoms with Crippen molar-refractivity contribution in [2.75, 3.05) is 13.1 Å². The molecule has 1 aromatic carbocycles. The Bertz CT molecular complexity index is 611. The highest BCUT2D eigenvalue weighted by Crippen LogP contribution is 2.49. The molecule has 1 saturated heterocycles. The van der Waals surface area contributed by atoms with E-state index in [2.05, 4.69) is 0 Å². The van der Waals surface area contributed by atoms with Crippen molar-refractivity contribution in [2.45, 2.75) is 25.2 Å². The van der Waals surface area contributed by atoms with Gasteiger partial charge in [-0.2, -0.15) is 0 Å². The Balaban J connectivity index is 1.60. The van der Waals surface area contributed by atoms with Gasteiger partial charge in [0.2, 0.25) is 5.91 Å². The highest BCUT2D eigenvalue weighted by atomic mass is 19.1. The van der Waals surface area contributed by atoms with Gasteiger partial charge in [-0.15, -0.1) is 0 Å². The summed E-state index contributed by atoms with van der Waals surface area (Å²) in [5, 5.41) is 8.95. The average molecular weight is 309 g/mol. The van der Waals surface area contributed by atoms with E-state index in [1.165, 1.54) is 12.1 Å². The van der Waals surface area contributed by atoms with E-state index in [1.54, 1.807) is 4.90 Å². The maximum atomic E-state index is 13.7. The van der Waals surface area contributed by atoms with E-state index in [-0.39, 0.29) is 23.7 Å². The molecular weight excluding hydrogens is 292 g/mol. The molecule has 1 aliphatic carbocycles. The fourth-order valence-electron chi connectivity index (χ4n) is 3.20. The van der Waals surface area contributed by atoms with Crippen LogP contribution in [-0.4, -0.2) is 35.0 Å². The van der Waals surface area contributed by atoms with Crippen LogP contribution in [0.3, 0.4) is 0 Å². The lowest BCUT2D eigenvalue weighted by Crippen LogP contribution is -2.41. The van der Waals surface area contributed by atoms with Crippen LogP contribution in [0, 0.1) is 23.5 Å². The lowest BCUT2D eigenvalue weighted by molar-refractivity contribution is -0.146. The Morgan fingerprint density at radius 2 is 1.86 bits per heavy atom. The molecule has 0 radical (unpaired) electrons. The Morgan fingerprint density at radius 1 is 1.18 bits per heavy atom. The van der Waals surface area contributed by atoms with Crippen molar-refractivity contribution >= 4 is 11.9 Å². The van der Waals surface area contributed by atoms with Gasteiger partial charge in [-0.1, -0.05) is 6.07 Å². The van der Waals surface area contributed by atoms with Gasteiger partial charge in [0.05, 0.1) is 5.92 Å². The van der Waals surface area contributed by atoms with Gasteiger partial charge >= 0.3 is 5.97 Å². The summed E-state index contributed by atoms with van der Waals surface area (Å²) in [6, 6.07) is 3.45. The van der Waals surface area contributed by atoms with Crippen molar-refractivity contribution in [1.29, 1.82) is 0 Å². The third kappa shape index (κ3) is 2.82. The molecule has 1 N–H and O–H groups in total. The van der Waals surface area contributed by atoms with E-state index in [1.807, 2.05) is 0 Å². The largest absolute Gasteiger partial charge is 0.481 e. The summed E-state index contributed by atoms with van der Waals surface area (Å²) < 4.78 is 26.6. The fraction of sp³-hybridized carbons (Fsp3) is 0.500. The zero-order valence-electron chi connectivity index (χ0n) is 12.0. The second-order valence-corrected chi connectivity index (χ2v) is 6.05. The normalized spacial score (nSPS) is 25.1. The Morgan fingerprint density at radius 3 is 2.45 bits per heavy atom. The van der Waals surface area contributed by atoms with Gasteiger partial charge < -0.3 is 10.0 Å². The number of carbonyl (C=O) groups is 2. The van der Waals surface area contributed by atoms with E-state index in [9.17, 15) is 18.4 Å². The molecule has 22 heavy (non-hydrogen) atoms. The number of carboxylic acid groups (broad SMARTS) is 1. The smallest absolute Gasteiger partial charge is 0.306 e. The maximum absolute atomic E-state index is 13.7. The molecule has 3 rings (SSSR count). The van der Waals surface area contributed by atoms with Crippen molar-refractivity contribution in [1.82, 2.24) is 4.90 Å². The second-order valence-electron chi connectivity index (χ2n) is 6.05. The number of carboxylic acids is 1. The van der Waals surface area contributed by atoms with Crippen molar-refractivity contribution < 1.29 is 23.5 Å². The summed E-state index contributed by atoms with van der Waals surface area (Å²) >= 11 is 0. The van der Waals surface area contributed by atoms with E-state index in [0.29, 0.717) is 37.9 Å². The Labute approximate surface area is 126 Å². The third-order valence-corrected chi connectivity index (χ3v) is 4.63. The molecule has 0 aromatic heterocycles. The molecule has 6 heteroatoms. The van der Waals surface area contributed by atoms with Crippen LogP contribution in [0.4, 0.5) is 8.78 Å². The predicted octanol–water partition coefficient (Wildman–Crippen LogP) is 2.39. The molecule has 1 heterocycles. The second kappa shape index (κ2) is 5.66. The average Bonchev–Trinajstić information content (AvgIpc) is 3.27. The zero-order valence-corrected chi connectivity index (χ0v) is 12.0. The SMILES string of the molecule is O=C(O)C1CCN(C(=O)C2CC2c2ccc(F)cc2F)CC1. The van der Waals surface area contributed by atoms with Crippen LogP contribution < -0.4 is 0 Å². The van der Waals surface area contributed by atoms with Gasteiger partial charge in [0.25, 0.3) is 0 Å². The minimum Gasteiger partial charge on any atom is -0.481 e. The van der Waals surface area contributed by atoms with Gasteiger partial charge in [-0.3, -0.25) is 9.59 Å². The third-order valence-electron chi connectivity index (χ3n) is 4.63. The lowest BCUT2D eigenvalue weighted by atomic mass is 9.96. The number of halogens is 2. The molecular formula is C16H17F2NO3. The summed E-state index contributed by atoms with van der Waals surface area (Å²) in [7, 11) is 0. The quantitative estimate of drug-likeness (QED) is 0.932. The first-order chi connectivity index (χ1) is 10.5. The van der Waals surface area contributed by atoms with E-state index >= 15 is 0 Å². The molecule has 1 aromatic rings. The summed E-state index contributed by atoms with van der Waals surface area (Å²) in [5.74, 6) is -2.92. The molecule has 1 saturated carbocycles. The van der Waals surface area contributed by atoms with E-state index in [0.717, 1.165) is 6.07 Å². The Hall–Kier alpha value is -1.98. The molecule has 1 amide bonds. The highest BCUT2D eigenvalue weighted by molar-refractivity contribution is 5.83. The molecule has 1 aliphatic heterocycles. The van der Waals surface area contributed by atoms with Crippen molar-refractivity contribution in [3.63, 3.8) is 0 Å². The molecule has 0 bridgehead atoms. The molecule has 2 unspecified atom stereocenters. The minimum absolute atomic E-state index is 0.0439. The number of benzene rings is 1. The van der Waals surface area contributed by atoms with E-state index in [4.69, 9.17) is 5.11 Å². The topological polar surface area (TPSA) is 57.6 Å². The number of nitrogens with zero attached hydrogens (tertiary/aromatic N) is 1. The Kier molecular flexibility index (Phi) is 3.85. The summed E-state index contributed by atoms with van der Waals surface area (Å²) in [6.45, 7) is 0.871. The van der Waals surface area contributed by atoms with Crippen molar-refractivity contribution in [3.8, 4) is 0 Å². The predicted molar refractivity (Wildman–Crippen MR) is 74.1 cm³/mol. The number of hydrogen-bond donors (Lipinski definition) is 1. The van der Waals surface area contributed by atoms with Gasteiger partial charge in [-0.05, 0) is 36.8 Å². The van der Waals surface area contributed by atoms with Crippen LogP contribution in [0.2, 0.25) is 0 Å². The first-order valence-corrected chi connectivity index (χ1v) is 7.44. The molecule has 2 fully saturated rings. The molecule has 2 atom stereocenters. The fourth-order valence-corrected chi connectivity index (χ4v) is 3.20. The number of aliphatic carboxylic acids is 1. The van der Waals surface area contributed by atoms with Crippen molar-refractivity contribution in [3.05, 3.63) is 35.4 Å². The number of amides is 1. The number of piperidine rings is 1. The highest BCUT2D eigenvalue weighted by Gasteiger charge is 2.47. The van der Waals surface area contributed by atoms with Crippen LogP contribution >= 0.6 is 0 Å². The first kappa shape index (κ1) is 14.9. The standard InChI is InChI=1S/C16H17F2NO3/c17-10-1-2-11(14(18)7-10)12-8-13(12)15(20)19-5-3-9(4-6-19)16(21)22/h1-2,7,9,12-13H,3-6,8H2,(H,21,22). The minimum atomic E-state index is -0.815. The molecule has 0 spiro atoms. The van der Waals surface area contributed by atoms with Crippen LogP contribution in [0.1, 0.15) is 30.7 Å². The molecule has 2 aliphatic rings. The lowest BCUT2D eigenvalue weighted by Gasteiger charge is -2.30. The summed E-state index contributed by atoms with van der Waals surface area (Å²) in [6.07, 6.45) is 1.49. The number of rotatable bonds is 3. The van der Waals surface area contributed by atoms with Crippen LogP contribution in [-0.2, 0) is 9.59 Å². The van der Waals surface area contributed by atoms with Gasteiger partial charge in [-0.25, -0.2) is 8.78 Å². The summed E-state index contributed by atoms with van der Waals surface area (Å²) in [4.78, 5) is 25.0. The molecule has 4 nitrogen and oxygen atoms in total. The van der Waals surface area contributed by atoms with Crippen molar-refractivity contribution in [2.24, 2.45) is 11.8 Å². The zero-order chi connectivity index (χ0) is 15.9. The van der Waals surface area contributed by atoms with E-state index < -0.39 is 17.6 Å². The number of likely N-dealkylation sites (tertiary alicyclic amines) is 1. The summed E-state index contributed by atoms with van der Waals surface area (Å²) in [5.41, 5.74) is 0.389. The maximum Gasteiger partial charge on any atom is 0.306 e. The van der Waals surface area contributed by atoms with Crippen LogP contribution in [0.15, 0.2) is 18.2 Å². The van der Waals surface area contributed by atoms with Crippen LogP contribution in [0.25, 0.3) is 0 Å².